The Balaban J connectivity index is 1.13. The zero-order valence-electron chi connectivity index (χ0n) is 21.6. The van der Waals surface area contributed by atoms with Gasteiger partial charge in [0.15, 0.2) is 5.78 Å². The molecule has 3 aromatic rings. The Kier molecular flexibility index (Phi) is 9.97. The number of imide groups is 1. The molecule has 0 unspecified atom stereocenters. The Morgan fingerprint density at radius 1 is 0.821 bits per heavy atom. The van der Waals surface area contributed by atoms with Crippen LogP contribution in [0, 0.1) is 0 Å². The minimum absolute atomic E-state index is 0.0869. The maximum Gasteiger partial charge on any atom is 0.290 e. The van der Waals surface area contributed by atoms with E-state index < -0.39 is 0 Å². The summed E-state index contributed by atoms with van der Waals surface area (Å²) in [6.45, 7) is 1.13. The highest BCUT2D eigenvalue weighted by atomic mass is 32.2. The summed E-state index contributed by atoms with van der Waals surface area (Å²) < 4.78 is 16.8. The van der Waals surface area contributed by atoms with Crippen LogP contribution in [-0.4, -0.2) is 37.3 Å². The second-order valence-electron chi connectivity index (χ2n) is 8.68. The number of ketones is 1. The zero-order chi connectivity index (χ0) is 27.5. The lowest BCUT2D eigenvalue weighted by atomic mass is 10.1. The minimum Gasteiger partial charge on any atom is -0.497 e. The van der Waals surface area contributed by atoms with Gasteiger partial charge in [-0.1, -0.05) is 42.5 Å². The van der Waals surface area contributed by atoms with E-state index in [0.29, 0.717) is 29.4 Å². The summed E-state index contributed by atoms with van der Waals surface area (Å²) in [5.74, 6) is 1.73. The molecule has 1 fully saturated rings. The van der Waals surface area contributed by atoms with E-state index in [2.05, 4.69) is 5.32 Å². The van der Waals surface area contributed by atoms with E-state index in [-0.39, 0.29) is 16.9 Å². The van der Waals surface area contributed by atoms with Gasteiger partial charge in [0.25, 0.3) is 11.1 Å². The molecule has 0 atom stereocenters. The summed E-state index contributed by atoms with van der Waals surface area (Å²) in [5.41, 5.74) is 2.32. The summed E-state index contributed by atoms with van der Waals surface area (Å²) in [4.78, 5) is 35.8. The lowest BCUT2D eigenvalue weighted by Crippen LogP contribution is -2.17. The van der Waals surface area contributed by atoms with Gasteiger partial charge in [-0.25, -0.2) is 0 Å². The van der Waals surface area contributed by atoms with Gasteiger partial charge in [0.2, 0.25) is 0 Å². The number of hydrogen-bond donors (Lipinski definition) is 1. The number of allylic oxidation sites excluding steroid dienone is 1. The maximum absolute atomic E-state index is 12.6. The van der Waals surface area contributed by atoms with Crippen molar-refractivity contribution >= 4 is 40.8 Å². The van der Waals surface area contributed by atoms with Gasteiger partial charge >= 0.3 is 0 Å². The van der Waals surface area contributed by atoms with Crippen molar-refractivity contribution in [3.8, 4) is 17.2 Å². The average Bonchev–Trinajstić information content (AvgIpc) is 3.28. The van der Waals surface area contributed by atoms with Crippen LogP contribution in [0.3, 0.4) is 0 Å². The van der Waals surface area contributed by atoms with Gasteiger partial charge in [-0.3, -0.25) is 19.7 Å². The van der Waals surface area contributed by atoms with Crippen molar-refractivity contribution < 1.29 is 28.6 Å². The summed E-state index contributed by atoms with van der Waals surface area (Å²) in [6.07, 6.45) is 7.70. The molecule has 200 valence electrons. The molecule has 0 aromatic heterocycles. The SMILES string of the molecule is COc1ccc(/C=C/C(=O)c2cccc(OCCCCCOc3ccc(/C=C4/SC(=O)NC4=O)cc3)c2)cc1. The molecule has 0 saturated carbocycles. The van der Waals surface area contributed by atoms with E-state index in [9.17, 15) is 14.4 Å². The van der Waals surface area contributed by atoms with Crippen LogP contribution in [-0.2, 0) is 4.79 Å². The molecule has 4 rings (SSSR count). The molecule has 39 heavy (non-hydrogen) atoms. The number of carbonyl (C=O) groups excluding carboxylic acids is 3. The third-order valence-electron chi connectivity index (χ3n) is 5.81. The van der Waals surface area contributed by atoms with Gasteiger partial charge in [0.05, 0.1) is 25.2 Å². The summed E-state index contributed by atoms with van der Waals surface area (Å²) in [7, 11) is 1.62. The number of hydrogen-bond acceptors (Lipinski definition) is 7. The van der Waals surface area contributed by atoms with Crippen LogP contribution in [0.25, 0.3) is 12.2 Å². The van der Waals surface area contributed by atoms with E-state index in [0.717, 1.165) is 53.7 Å². The van der Waals surface area contributed by atoms with Gasteiger partial charge in [0, 0.05) is 5.56 Å². The molecule has 7 nitrogen and oxygen atoms in total. The lowest BCUT2D eigenvalue weighted by Gasteiger charge is -2.08. The molecule has 1 N–H and O–H groups in total. The summed E-state index contributed by atoms with van der Waals surface area (Å²) in [6, 6.07) is 22.1. The Hall–Kier alpha value is -4.30. The largest absolute Gasteiger partial charge is 0.497 e. The maximum atomic E-state index is 12.6. The quantitative estimate of drug-likeness (QED) is 0.149. The van der Waals surface area contributed by atoms with Crippen molar-refractivity contribution in [2.75, 3.05) is 20.3 Å². The van der Waals surface area contributed by atoms with Crippen molar-refractivity contribution in [3.05, 3.63) is 100 Å². The molecule has 1 aliphatic rings. The minimum atomic E-state index is -0.367. The second kappa shape index (κ2) is 14.0. The molecule has 1 aliphatic heterocycles. The van der Waals surface area contributed by atoms with Crippen LogP contribution in [0.15, 0.2) is 83.8 Å². The van der Waals surface area contributed by atoms with Crippen LogP contribution in [0.2, 0.25) is 0 Å². The van der Waals surface area contributed by atoms with Crippen LogP contribution >= 0.6 is 11.8 Å². The Morgan fingerprint density at radius 2 is 1.49 bits per heavy atom. The predicted octanol–water partition coefficient (Wildman–Crippen LogP) is 6.54. The molecule has 8 heteroatoms. The third kappa shape index (κ3) is 8.61. The lowest BCUT2D eigenvalue weighted by molar-refractivity contribution is -0.115. The highest BCUT2D eigenvalue weighted by molar-refractivity contribution is 8.18. The molecule has 0 spiro atoms. The Bertz CT molecular complexity index is 1360. The predicted molar refractivity (Wildman–Crippen MR) is 153 cm³/mol. The first-order valence-electron chi connectivity index (χ1n) is 12.6. The number of ether oxygens (including phenoxy) is 3. The van der Waals surface area contributed by atoms with Crippen LogP contribution in [0.1, 0.15) is 40.7 Å². The second-order valence-corrected chi connectivity index (χ2v) is 9.69. The average molecular weight is 544 g/mol. The number of nitrogens with one attached hydrogen (secondary N) is 1. The van der Waals surface area contributed by atoms with Gasteiger partial charge in [-0.15, -0.1) is 0 Å². The number of carbonyl (C=O) groups is 3. The van der Waals surface area contributed by atoms with E-state index in [1.807, 2.05) is 60.7 Å². The van der Waals surface area contributed by atoms with Crippen LogP contribution < -0.4 is 19.5 Å². The third-order valence-corrected chi connectivity index (χ3v) is 6.62. The number of methoxy groups -OCH3 is 1. The number of amides is 2. The van der Waals surface area contributed by atoms with Gasteiger partial charge in [0.1, 0.15) is 17.2 Å². The highest BCUT2D eigenvalue weighted by Crippen LogP contribution is 2.26. The van der Waals surface area contributed by atoms with E-state index in [1.165, 1.54) is 0 Å². The van der Waals surface area contributed by atoms with Crippen LogP contribution in [0.4, 0.5) is 4.79 Å². The molecule has 2 amide bonds. The number of benzene rings is 3. The first kappa shape index (κ1) is 27.7. The standard InChI is InChI=1S/C31H29NO6S/c1-36-25-13-8-22(9-14-25)12-17-28(33)24-6-5-7-27(21-24)38-19-4-2-3-18-37-26-15-10-23(11-16-26)20-29-30(34)32-31(35)39-29/h5-17,20-21H,2-4,18-19H2,1H3,(H,32,34,35)/b17-12+,29-20+. The Labute approximate surface area is 231 Å². The smallest absolute Gasteiger partial charge is 0.290 e. The highest BCUT2D eigenvalue weighted by Gasteiger charge is 2.24. The molecular formula is C31H29NO6S. The fraction of sp³-hybridized carbons (Fsp3) is 0.194. The fourth-order valence-corrected chi connectivity index (χ4v) is 4.40. The first-order chi connectivity index (χ1) is 19.0. The van der Waals surface area contributed by atoms with Crippen molar-refractivity contribution in [2.24, 2.45) is 0 Å². The van der Waals surface area contributed by atoms with Gasteiger partial charge < -0.3 is 14.2 Å². The Morgan fingerprint density at radius 3 is 2.15 bits per heavy atom. The fourth-order valence-electron chi connectivity index (χ4n) is 3.72. The number of thioether (sulfide) groups is 1. The molecule has 1 heterocycles. The molecule has 3 aromatic carbocycles. The molecular weight excluding hydrogens is 514 g/mol. The monoisotopic (exact) mass is 543 g/mol. The van der Waals surface area contributed by atoms with Gasteiger partial charge in [-0.2, -0.15) is 0 Å². The van der Waals surface area contributed by atoms with E-state index >= 15 is 0 Å². The van der Waals surface area contributed by atoms with Crippen LogP contribution in [0.5, 0.6) is 17.2 Å². The first-order valence-corrected chi connectivity index (χ1v) is 13.4. The molecule has 0 bridgehead atoms. The van der Waals surface area contributed by atoms with E-state index in [4.69, 9.17) is 14.2 Å². The molecule has 0 aliphatic carbocycles. The summed E-state index contributed by atoms with van der Waals surface area (Å²) in [5, 5.41) is 1.89. The molecule has 0 radical (unpaired) electrons. The van der Waals surface area contributed by atoms with Crippen molar-refractivity contribution in [1.29, 1.82) is 0 Å². The number of unbranched alkanes of at least 4 members (excludes halogenated alkanes) is 2. The summed E-state index contributed by atoms with van der Waals surface area (Å²) >= 11 is 0.897. The molecule has 1 saturated heterocycles. The topological polar surface area (TPSA) is 90.9 Å². The zero-order valence-corrected chi connectivity index (χ0v) is 22.4. The normalized spacial score (nSPS) is 14.0. The van der Waals surface area contributed by atoms with Crippen molar-refractivity contribution in [1.82, 2.24) is 5.32 Å². The number of rotatable bonds is 13. The van der Waals surface area contributed by atoms with Gasteiger partial charge in [-0.05, 0) is 90.7 Å². The van der Waals surface area contributed by atoms with Crippen molar-refractivity contribution in [2.45, 2.75) is 19.3 Å². The van der Waals surface area contributed by atoms with Crippen molar-refractivity contribution in [3.63, 3.8) is 0 Å². The van der Waals surface area contributed by atoms with E-state index in [1.54, 1.807) is 37.5 Å².